The predicted octanol–water partition coefficient (Wildman–Crippen LogP) is 6.63. The van der Waals surface area contributed by atoms with E-state index in [9.17, 15) is 10.2 Å². The molecule has 3 aliphatic rings. The lowest BCUT2D eigenvalue weighted by Crippen LogP contribution is -2.16. The largest absolute Gasteiger partial charge is 0.508 e. The van der Waals surface area contributed by atoms with Gasteiger partial charge in [-0.3, -0.25) is 4.99 Å². The van der Waals surface area contributed by atoms with E-state index in [1.54, 1.807) is 36.4 Å². The zero-order chi connectivity index (χ0) is 21.9. The molecule has 0 atom stereocenters. The summed E-state index contributed by atoms with van der Waals surface area (Å²) in [5.41, 5.74) is 6.52. The molecule has 3 N–H and O–H groups in total. The van der Waals surface area contributed by atoms with Gasteiger partial charge in [-0.25, -0.2) is 0 Å². The molecule has 0 unspecified atom stereocenters. The second-order valence-corrected chi connectivity index (χ2v) is 8.32. The molecule has 1 aliphatic heterocycles. The van der Waals surface area contributed by atoms with Crippen molar-refractivity contribution >= 4 is 17.6 Å². The number of phenolic OH excluding ortho intramolecular Hbond substituents is 2. The monoisotopic (exact) mass is 426 g/mol. The number of allylic oxidation sites excluding steroid dienone is 5. The summed E-state index contributed by atoms with van der Waals surface area (Å²) in [6.07, 6.45) is 12.4. The maximum absolute atomic E-state index is 9.49. The maximum atomic E-state index is 9.49. The molecular weight excluding hydrogens is 400 g/mol. The van der Waals surface area contributed by atoms with Crippen LogP contribution in [0.4, 0.5) is 11.4 Å². The number of phenols is 2. The Bertz CT molecular complexity index is 1170. The fourth-order valence-corrected chi connectivity index (χ4v) is 4.34. The van der Waals surface area contributed by atoms with Crippen molar-refractivity contribution in [2.24, 2.45) is 4.99 Å². The topological polar surface area (TPSA) is 74.1 Å². The maximum Gasteiger partial charge on any atom is 0.135 e. The molecule has 162 valence electrons. The molecule has 1 heterocycles. The van der Waals surface area contributed by atoms with Crippen LogP contribution >= 0.6 is 0 Å². The molecular formula is C27H26N2O3. The van der Waals surface area contributed by atoms with Crippen LogP contribution in [-0.2, 0) is 4.74 Å². The molecule has 2 aliphatic carbocycles. The molecule has 2 aromatic carbocycles. The Morgan fingerprint density at radius 1 is 0.812 bits per heavy atom. The van der Waals surface area contributed by atoms with Crippen molar-refractivity contribution in [1.29, 1.82) is 0 Å². The van der Waals surface area contributed by atoms with Gasteiger partial charge in [-0.15, -0.1) is 0 Å². The Kier molecular flexibility index (Phi) is 5.55. The summed E-state index contributed by atoms with van der Waals surface area (Å²) in [4.78, 5) is 4.60. The molecule has 0 saturated heterocycles. The van der Waals surface area contributed by atoms with Crippen molar-refractivity contribution in [3.8, 4) is 11.5 Å². The number of nitrogens with one attached hydrogen (secondary N) is 1. The number of hydrogen-bond acceptors (Lipinski definition) is 5. The van der Waals surface area contributed by atoms with Crippen molar-refractivity contribution in [3.05, 3.63) is 94.6 Å². The summed E-state index contributed by atoms with van der Waals surface area (Å²) in [5.74, 6) is 2.39. The van der Waals surface area contributed by atoms with E-state index in [1.807, 2.05) is 24.5 Å². The van der Waals surface area contributed by atoms with Crippen LogP contribution in [0.3, 0.4) is 0 Å². The Labute approximate surface area is 187 Å². The number of aromatic hydroxyl groups is 2. The molecule has 5 rings (SSSR count). The minimum atomic E-state index is 0.237. The molecule has 32 heavy (non-hydrogen) atoms. The van der Waals surface area contributed by atoms with Gasteiger partial charge in [0.1, 0.15) is 23.0 Å². The highest BCUT2D eigenvalue weighted by Gasteiger charge is 2.28. The van der Waals surface area contributed by atoms with E-state index in [4.69, 9.17) is 4.74 Å². The van der Waals surface area contributed by atoms with Gasteiger partial charge in [-0.2, -0.15) is 0 Å². The van der Waals surface area contributed by atoms with Gasteiger partial charge >= 0.3 is 0 Å². The average Bonchev–Trinajstić information content (AvgIpc) is 2.82. The van der Waals surface area contributed by atoms with E-state index >= 15 is 0 Å². The quantitative estimate of drug-likeness (QED) is 0.379. The van der Waals surface area contributed by atoms with Crippen LogP contribution in [0.2, 0.25) is 0 Å². The highest BCUT2D eigenvalue weighted by Crippen LogP contribution is 2.42. The predicted molar refractivity (Wildman–Crippen MR) is 127 cm³/mol. The first-order valence-corrected chi connectivity index (χ1v) is 11.1. The summed E-state index contributed by atoms with van der Waals surface area (Å²) < 4.78 is 6.55. The molecule has 0 aromatic heterocycles. The fraction of sp³-hybridized carbons (Fsp3) is 0.222. The number of benzene rings is 2. The lowest BCUT2D eigenvalue weighted by molar-refractivity contribution is 0.293. The zero-order valence-electron chi connectivity index (χ0n) is 17.8. The molecule has 2 aromatic rings. The highest BCUT2D eigenvalue weighted by atomic mass is 16.5. The molecule has 5 heteroatoms. The van der Waals surface area contributed by atoms with E-state index < -0.39 is 0 Å². The number of nitrogens with zero attached hydrogens (tertiary/aromatic N) is 1. The van der Waals surface area contributed by atoms with Gasteiger partial charge in [-0.1, -0.05) is 0 Å². The molecule has 5 nitrogen and oxygen atoms in total. The normalized spacial score (nSPS) is 19.5. The van der Waals surface area contributed by atoms with Crippen molar-refractivity contribution < 1.29 is 14.9 Å². The van der Waals surface area contributed by atoms with Crippen LogP contribution in [0, 0.1) is 0 Å². The molecule has 0 radical (unpaired) electrons. The standard InChI is InChI=1S/C27H26N2O3/c30-24-11-7-22(8-12-24)28-16-20-5-1-3-18-15-19-4-2-6-21(27(19)32-26(18)20)17-29-23-9-13-25(31)14-10-23/h7-17,28,30-31H,1-6H2/b20-16+,29-17?. The van der Waals surface area contributed by atoms with E-state index in [1.165, 1.54) is 11.1 Å². The van der Waals surface area contributed by atoms with Gasteiger partial charge in [0.15, 0.2) is 0 Å². The van der Waals surface area contributed by atoms with Crippen molar-refractivity contribution in [3.63, 3.8) is 0 Å². The van der Waals surface area contributed by atoms with Crippen LogP contribution in [0.5, 0.6) is 11.5 Å². The minimum absolute atomic E-state index is 0.237. The smallest absolute Gasteiger partial charge is 0.135 e. The third-order valence-corrected chi connectivity index (χ3v) is 6.00. The molecule has 0 amide bonds. The van der Waals surface area contributed by atoms with Crippen LogP contribution in [0.1, 0.15) is 38.5 Å². The SMILES string of the molecule is Oc1ccc(N=CC2=C3OC4=C(C=C3CCC2)CCC/C4=C\Nc2ccc(O)cc2)cc1. The van der Waals surface area contributed by atoms with Crippen molar-refractivity contribution in [2.45, 2.75) is 38.5 Å². The van der Waals surface area contributed by atoms with Gasteiger partial charge < -0.3 is 20.3 Å². The number of ether oxygens (including phenoxy) is 1. The number of fused-ring (bicyclic) bond motifs is 1. The van der Waals surface area contributed by atoms with E-state index in [-0.39, 0.29) is 11.5 Å². The summed E-state index contributed by atoms with van der Waals surface area (Å²) in [7, 11) is 0. The average molecular weight is 427 g/mol. The Morgan fingerprint density at radius 2 is 1.53 bits per heavy atom. The number of hydrogen-bond donors (Lipinski definition) is 3. The van der Waals surface area contributed by atoms with Gasteiger partial charge in [0.25, 0.3) is 0 Å². The van der Waals surface area contributed by atoms with Crippen molar-refractivity contribution in [2.75, 3.05) is 5.32 Å². The first-order valence-electron chi connectivity index (χ1n) is 11.1. The van der Waals surface area contributed by atoms with E-state index in [0.29, 0.717) is 0 Å². The second kappa shape index (κ2) is 8.79. The number of anilines is 1. The summed E-state index contributed by atoms with van der Waals surface area (Å²) in [6, 6.07) is 13.9. The fourth-order valence-electron chi connectivity index (χ4n) is 4.34. The highest BCUT2D eigenvalue weighted by molar-refractivity contribution is 5.83. The van der Waals surface area contributed by atoms with Crippen LogP contribution in [0.15, 0.2) is 99.6 Å². The van der Waals surface area contributed by atoms with E-state index in [0.717, 1.165) is 72.6 Å². The van der Waals surface area contributed by atoms with E-state index in [2.05, 4.69) is 16.4 Å². The first kappa shape index (κ1) is 20.2. The summed E-state index contributed by atoms with van der Waals surface area (Å²) in [5, 5.41) is 22.3. The minimum Gasteiger partial charge on any atom is -0.508 e. The van der Waals surface area contributed by atoms with Crippen LogP contribution < -0.4 is 5.32 Å². The third-order valence-electron chi connectivity index (χ3n) is 6.00. The van der Waals surface area contributed by atoms with Crippen molar-refractivity contribution in [1.82, 2.24) is 0 Å². The molecule has 0 saturated carbocycles. The number of rotatable bonds is 4. The summed E-state index contributed by atoms with van der Waals surface area (Å²) >= 11 is 0. The van der Waals surface area contributed by atoms with Gasteiger partial charge in [-0.05, 0) is 104 Å². The molecule has 0 spiro atoms. The molecule has 0 bridgehead atoms. The lowest BCUT2D eigenvalue weighted by atomic mass is 9.86. The van der Waals surface area contributed by atoms with Gasteiger partial charge in [0, 0.05) is 29.2 Å². The van der Waals surface area contributed by atoms with Crippen LogP contribution in [0.25, 0.3) is 0 Å². The van der Waals surface area contributed by atoms with Gasteiger partial charge in [0.2, 0.25) is 0 Å². The Balaban J connectivity index is 1.42. The second-order valence-electron chi connectivity index (χ2n) is 8.32. The first-order chi connectivity index (χ1) is 15.7. The van der Waals surface area contributed by atoms with Gasteiger partial charge in [0.05, 0.1) is 5.69 Å². The Morgan fingerprint density at radius 3 is 2.31 bits per heavy atom. The van der Waals surface area contributed by atoms with Crippen LogP contribution in [-0.4, -0.2) is 16.4 Å². The third kappa shape index (κ3) is 4.33. The summed E-state index contributed by atoms with van der Waals surface area (Å²) in [6.45, 7) is 0. The zero-order valence-corrected chi connectivity index (χ0v) is 17.8. The molecule has 0 fully saturated rings. The number of aliphatic imine (C=N–C) groups is 1. The Hall–Kier alpha value is -3.73. The lowest BCUT2D eigenvalue weighted by Gasteiger charge is -2.31.